The number of carbonyl (C=O) groups excluding carboxylic acids is 1. The Morgan fingerprint density at radius 2 is 1.61 bits per heavy atom. The minimum absolute atomic E-state index is 0.167. The van der Waals surface area contributed by atoms with Gasteiger partial charge in [-0.05, 0) is 22.3 Å². The molecule has 0 aromatic heterocycles. The molecule has 0 saturated heterocycles. The van der Waals surface area contributed by atoms with E-state index in [-0.39, 0.29) is 6.61 Å². The molecule has 1 aliphatic carbocycles. The Balaban J connectivity index is 2.06. The Kier molecular flexibility index (Phi) is 4.12. The second-order valence-corrected chi connectivity index (χ2v) is 5.47. The van der Waals surface area contributed by atoms with Crippen LogP contribution in [0.2, 0.25) is 0 Å². The number of carboxylic acid groups (broad SMARTS) is 1. The minimum atomic E-state index is -1.06. The van der Waals surface area contributed by atoms with Crippen LogP contribution >= 0.6 is 0 Å². The number of amides is 1. The largest absolute Gasteiger partial charge is 0.480 e. The summed E-state index contributed by atoms with van der Waals surface area (Å²) < 4.78 is 4.78. The summed E-state index contributed by atoms with van der Waals surface area (Å²) in [4.78, 5) is 23.6. The second kappa shape index (κ2) is 6.22. The maximum atomic E-state index is 11.8. The topological polar surface area (TPSA) is 75.6 Å². The van der Waals surface area contributed by atoms with Crippen LogP contribution in [0.3, 0.4) is 0 Å². The van der Waals surface area contributed by atoms with Crippen LogP contribution in [0.25, 0.3) is 11.1 Å². The van der Waals surface area contributed by atoms with Gasteiger partial charge in [0.15, 0.2) is 0 Å². The Labute approximate surface area is 133 Å². The van der Waals surface area contributed by atoms with Gasteiger partial charge >= 0.3 is 5.97 Å². The first kappa shape index (κ1) is 15.2. The van der Waals surface area contributed by atoms with Gasteiger partial charge in [0.25, 0.3) is 0 Å². The van der Waals surface area contributed by atoms with Gasteiger partial charge in [-0.1, -0.05) is 48.5 Å². The van der Waals surface area contributed by atoms with Gasteiger partial charge in [0, 0.05) is 13.0 Å². The van der Waals surface area contributed by atoms with Crippen LogP contribution in [0, 0.1) is 0 Å². The number of aliphatic carboxylic acids is 1. The van der Waals surface area contributed by atoms with Crippen molar-refractivity contribution < 1.29 is 19.4 Å². The molecule has 23 heavy (non-hydrogen) atoms. The quantitative estimate of drug-likeness (QED) is 0.886. The summed E-state index contributed by atoms with van der Waals surface area (Å²) in [6.07, 6.45) is 0. The first-order valence-electron chi connectivity index (χ1n) is 7.33. The number of rotatable bonds is 5. The van der Waals surface area contributed by atoms with Gasteiger partial charge in [-0.3, -0.25) is 4.79 Å². The molecule has 5 nitrogen and oxygen atoms in total. The van der Waals surface area contributed by atoms with E-state index < -0.39 is 23.8 Å². The smallest absolute Gasteiger partial charge is 0.327 e. The van der Waals surface area contributed by atoms with Gasteiger partial charge in [-0.2, -0.15) is 0 Å². The molecule has 2 aromatic carbocycles. The van der Waals surface area contributed by atoms with Gasteiger partial charge < -0.3 is 15.2 Å². The molecule has 0 saturated carbocycles. The van der Waals surface area contributed by atoms with Crippen molar-refractivity contribution in [3.63, 3.8) is 0 Å². The number of carboxylic acids is 1. The van der Waals surface area contributed by atoms with E-state index >= 15 is 0 Å². The summed E-state index contributed by atoms with van der Waals surface area (Å²) in [5.41, 5.74) is 3.86. The molecule has 0 bridgehead atoms. The third kappa shape index (κ3) is 2.71. The summed E-state index contributed by atoms with van der Waals surface area (Å²) in [7, 11) is 1.40. The van der Waals surface area contributed by atoms with Crippen molar-refractivity contribution in [3.8, 4) is 11.1 Å². The predicted molar refractivity (Wildman–Crippen MR) is 85.2 cm³/mol. The van der Waals surface area contributed by atoms with E-state index in [0.29, 0.717) is 0 Å². The molecule has 0 unspecified atom stereocenters. The number of benzene rings is 2. The number of methoxy groups -OCH3 is 1. The molecule has 0 heterocycles. The zero-order chi connectivity index (χ0) is 16.4. The highest BCUT2D eigenvalue weighted by atomic mass is 16.5. The van der Waals surface area contributed by atoms with Crippen molar-refractivity contribution >= 4 is 11.9 Å². The van der Waals surface area contributed by atoms with E-state index in [2.05, 4.69) is 5.32 Å². The van der Waals surface area contributed by atoms with E-state index in [1.807, 2.05) is 48.5 Å². The molecule has 1 atom stereocenters. The molecule has 0 fully saturated rings. The third-order valence-electron chi connectivity index (χ3n) is 4.07. The van der Waals surface area contributed by atoms with Crippen LogP contribution in [0.5, 0.6) is 0 Å². The van der Waals surface area contributed by atoms with E-state index in [1.165, 1.54) is 7.11 Å². The van der Waals surface area contributed by atoms with Crippen LogP contribution in [0.4, 0.5) is 0 Å². The van der Waals surface area contributed by atoms with Gasteiger partial charge in [-0.25, -0.2) is 4.79 Å². The van der Waals surface area contributed by atoms with Crippen molar-refractivity contribution in [3.05, 3.63) is 59.7 Å². The number of hydrogen-bond acceptors (Lipinski definition) is 3. The lowest BCUT2D eigenvalue weighted by Gasteiger charge is -2.23. The lowest BCUT2D eigenvalue weighted by molar-refractivity contribution is -0.142. The standard InChI is InChI=1S/C18H17NO4/c1-23-10-15(20)19-17(18(21)22)16-13-8-4-2-6-11(13)12-7-3-5-9-14(12)16/h2-9,16-17H,10H2,1H3,(H,19,20)(H,21,22)/t17-/m1/s1. The average Bonchev–Trinajstić information content (AvgIpc) is 2.87. The summed E-state index contributed by atoms with van der Waals surface area (Å²) in [6, 6.07) is 14.4. The van der Waals surface area contributed by atoms with E-state index in [4.69, 9.17) is 4.74 Å². The normalized spacial score (nSPS) is 14.0. The first-order chi connectivity index (χ1) is 11.1. The fourth-order valence-electron chi connectivity index (χ4n) is 3.19. The molecule has 0 radical (unpaired) electrons. The summed E-state index contributed by atoms with van der Waals surface area (Å²) in [5.74, 6) is -1.92. The van der Waals surface area contributed by atoms with Gasteiger partial charge in [0.05, 0.1) is 0 Å². The van der Waals surface area contributed by atoms with Crippen LogP contribution in [-0.4, -0.2) is 36.7 Å². The Bertz CT molecular complexity index is 711. The van der Waals surface area contributed by atoms with E-state index in [0.717, 1.165) is 22.3 Å². The fourth-order valence-corrected chi connectivity index (χ4v) is 3.19. The Morgan fingerprint density at radius 1 is 1.09 bits per heavy atom. The summed E-state index contributed by atoms with van der Waals surface area (Å²) >= 11 is 0. The first-order valence-corrected chi connectivity index (χ1v) is 7.33. The fraction of sp³-hybridized carbons (Fsp3) is 0.222. The average molecular weight is 311 g/mol. The predicted octanol–water partition coefficient (Wildman–Crippen LogP) is 2.01. The molecule has 2 aromatic rings. The lowest BCUT2D eigenvalue weighted by atomic mass is 9.89. The number of hydrogen-bond donors (Lipinski definition) is 2. The number of nitrogens with one attached hydrogen (secondary N) is 1. The van der Waals surface area contributed by atoms with Gasteiger partial charge in [-0.15, -0.1) is 0 Å². The van der Waals surface area contributed by atoms with Crippen molar-refractivity contribution in [1.29, 1.82) is 0 Å². The Hall–Kier alpha value is -2.66. The highest BCUT2D eigenvalue weighted by Gasteiger charge is 2.38. The number of carbonyl (C=O) groups is 2. The molecular weight excluding hydrogens is 294 g/mol. The maximum absolute atomic E-state index is 11.8. The second-order valence-electron chi connectivity index (χ2n) is 5.47. The molecule has 1 aliphatic rings. The van der Waals surface area contributed by atoms with Crippen molar-refractivity contribution in [1.82, 2.24) is 5.32 Å². The lowest BCUT2D eigenvalue weighted by Crippen LogP contribution is -2.46. The summed E-state index contributed by atoms with van der Waals surface area (Å²) in [5, 5.41) is 12.2. The number of fused-ring (bicyclic) bond motifs is 3. The van der Waals surface area contributed by atoms with Crippen LogP contribution < -0.4 is 5.32 Å². The Morgan fingerprint density at radius 3 is 2.09 bits per heavy atom. The van der Waals surface area contributed by atoms with Gasteiger partial charge in [0.2, 0.25) is 5.91 Å². The monoisotopic (exact) mass is 311 g/mol. The minimum Gasteiger partial charge on any atom is -0.480 e. The van der Waals surface area contributed by atoms with Crippen molar-refractivity contribution in [2.75, 3.05) is 13.7 Å². The van der Waals surface area contributed by atoms with E-state index in [1.54, 1.807) is 0 Å². The molecule has 2 N–H and O–H groups in total. The van der Waals surface area contributed by atoms with E-state index in [9.17, 15) is 14.7 Å². The van der Waals surface area contributed by atoms with Crippen LogP contribution in [0.1, 0.15) is 17.0 Å². The summed E-state index contributed by atoms with van der Waals surface area (Å²) in [6.45, 7) is -0.167. The number of ether oxygens (including phenoxy) is 1. The molecule has 5 heteroatoms. The van der Waals surface area contributed by atoms with Crippen molar-refractivity contribution in [2.45, 2.75) is 12.0 Å². The zero-order valence-corrected chi connectivity index (χ0v) is 12.7. The zero-order valence-electron chi connectivity index (χ0n) is 12.7. The molecule has 3 rings (SSSR count). The molecular formula is C18H17NO4. The molecule has 118 valence electrons. The van der Waals surface area contributed by atoms with Crippen LogP contribution in [0.15, 0.2) is 48.5 Å². The highest BCUT2D eigenvalue weighted by Crippen LogP contribution is 2.46. The molecule has 0 aliphatic heterocycles. The highest BCUT2D eigenvalue weighted by molar-refractivity contribution is 5.89. The third-order valence-corrected chi connectivity index (χ3v) is 4.07. The van der Waals surface area contributed by atoms with Crippen molar-refractivity contribution in [2.24, 2.45) is 0 Å². The van der Waals surface area contributed by atoms with Gasteiger partial charge in [0.1, 0.15) is 12.6 Å². The SMILES string of the molecule is COCC(=O)N[C@@H](C(=O)O)C1c2ccccc2-c2ccccc21. The molecule has 1 amide bonds. The van der Waals surface area contributed by atoms with Crippen LogP contribution in [-0.2, 0) is 14.3 Å². The molecule has 0 spiro atoms. The maximum Gasteiger partial charge on any atom is 0.327 e.